The summed E-state index contributed by atoms with van der Waals surface area (Å²) in [6, 6.07) is 7.85. The Morgan fingerprint density at radius 2 is 1.96 bits per heavy atom. The maximum Gasteiger partial charge on any atom is 0.287 e. The number of amides is 1. The Balaban J connectivity index is 1.38. The van der Waals surface area contributed by atoms with Crippen molar-refractivity contribution in [1.82, 2.24) is 15.3 Å². The standard InChI is InChI=1S/C20H21FN4O2/c1-12-9-19(23-13(2)22-12)25-7-5-16(6-8-25)24-20(26)18-11-14-10-15(21)3-4-17(14)27-18/h3-4,9-11,16H,5-8H2,1-2H3,(H,24,26). The van der Waals surface area contributed by atoms with E-state index in [1.165, 1.54) is 18.2 Å². The van der Waals surface area contributed by atoms with Gasteiger partial charge in [-0.15, -0.1) is 0 Å². The summed E-state index contributed by atoms with van der Waals surface area (Å²) in [5, 5.41) is 3.61. The van der Waals surface area contributed by atoms with E-state index in [1.807, 2.05) is 19.9 Å². The molecule has 27 heavy (non-hydrogen) atoms. The summed E-state index contributed by atoms with van der Waals surface area (Å²) in [5.74, 6) is 1.29. The molecule has 1 aromatic carbocycles. The number of rotatable bonds is 3. The molecule has 7 heteroatoms. The van der Waals surface area contributed by atoms with Gasteiger partial charge in [-0.2, -0.15) is 0 Å². The second kappa shape index (κ2) is 6.98. The van der Waals surface area contributed by atoms with Crippen molar-refractivity contribution in [2.45, 2.75) is 32.7 Å². The fourth-order valence-corrected chi connectivity index (χ4v) is 3.49. The van der Waals surface area contributed by atoms with Crippen molar-refractivity contribution in [3.63, 3.8) is 0 Å². The molecule has 6 nitrogen and oxygen atoms in total. The number of benzene rings is 1. The predicted octanol–water partition coefficient (Wildman–Crippen LogP) is 3.38. The molecule has 1 aliphatic heterocycles. The first kappa shape index (κ1) is 17.5. The second-order valence-corrected chi connectivity index (χ2v) is 6.94. The fraction of sp³-hybridized carbons (Fsp3) is 0.350. The highest BCUT2D eigenvalue weighted by molar-refractivity contribution is 5.96. The van der Waals surface area contributed by atoms with Crippen LogP contribution in [0, 0.1) is 19.7 Å². The average molecular weight is 368 g/mol. The van der Waals surface area contributed by atoms with E-state index in [9.17, 15) is 9.18 Å². The molecule has 1 fully saturated rings. The third kappa shape index (κ3) is 3.77. The van der Waals surface area contributed by atoms with E-state index < -0.39 is 0 Å². The zero-order valence-corrected chi connectivity index (χ0v) is 15.3. The van der Waals surface area contributed by atoms with E-state index >= 15 is 0 Å². The fourth-order valence-electron chi connectivity index (χ4n) is 3.49. The number of furan rings is 1. The van der Waals surface area contributed by atoms with Crippen molar-refractivity contribution in [2.75, 3.05) is 18.0 Å². The quantitative estimate of drug-likeness (QED) is 0.767. The highest BCUT2D eigenvalue weighted by Gasteiger charge is 2.23. The first-order valence-electron chi connectivity index (χ1n) is 9.05. The molecule has 1 N–H and O–H groups in total. The van der Waals surface area contributed by atoms with Crippen LogP contribution in [-0.4, -0.2) is 35.0 Å². The van der Waals surface area contributed by atoms with Gasteiger partial charge in [0, 0.05) is 36.3 Å². The van der Waals surface area contributed by atoms with E-state index in [-0.39, 0.29) is 23.5 Å². The molecular weight excluding hydrogens is 347 g/mol. The van der Waals surface area contributed by atoms with E-state index in [0.29, 0.717) is 11.0 Å². The Morgan fingerprint density at radius 3 is 2.70 bits per heavy atom. The number of aryl methyl sites for hydroxylation is 2. The summed E-state index contributed by atoms with van der Waals surface area (Å²) in [6.45, 7) is 5.48. The molecule has 1 saturated heterocycles. The SMILES string of the molecule is Cc1cc(N2CCC(NC(=O)c3cc4cc(F)ccc4o3)CC2)nc(C)n1. The molecule has 1 amide bonds. The lowest BCUT2D eigenvalue weighted by Crippen LogP contribution is -2.45. The number of carbonyl (C=O) groups is 1. The second-order valence-electron chi connectivity index (χ2n) is 6.94. The van der Waals surface area contributed by atoms with Crippen LogP contribution in [0.4, 0.5) is 10.2 Å². The van der Waals surface area contributed by atoms with Gasteiger partial charge in [0.2, 0.25) is 0 Å². The van der Waals surface area contributed by atoms with Crippen molar-refractivity contribution in [3.8, 4) is 0 Å². The number of anilines is 1. The van der Waals surface area contributed by atoms with Gasteiger partial charge in [-0.05, 0) is 51.0 Å². The van der Waals surface area contributed by atoms with Crippen LogP contribution in [0.3, 0.4) is 0 Å². The Labute approximate surface area is 156 Å². The van der Waals surface area contributed by atoms with Crippen molar-refractivity contribution in [2.24, 2.45) is 0 Å². The molecule has 0 atom stereocenters. The van der Waals surface area contributed by atoms with Crippen LogP contribution in [0.5, 0.6) is 0 Å². The molecule has 0 aliphatic carbocycles. The molecule has 0 unspecified atom stereocenters. The number of fused-ring (bicyclic) bond motifs is 1. The van der Waals surface area contributed by atoms with Gasteiger partial charge in [-0.25, -0.2) is 14.4 Å². The van der Waals surface area contributed by atoms with Crippen LogP contribution in [0.25, 0.3) is 11.0 Å². The molecule has 0 bridgehead atoms. The first-order chi connectivity index (χ1) is 13.0. The maximum atomic E-state index is 13.3. The summed E-state index contributed by atoms with van der Waals surface area (Å²) in [4.78, 5) is 23.5. The first-order valence-corrected chi connectivity index (χ1v) is 9.05. The molecule has 0 spiro atoms. The topological polar surface area (TPSA) is 71.3 Å². The van der Waals surface area contributed by atoms with E-state index in [1.54, 1.807) is 6.07 Å². The molecule has 140 valence electrons. The van der Waals surface area contributed by atoms with Crippen molar-refractivity contribution in [1.29, 1.82) is 0 Å². The smallest absolute Gasteiger partial charge is 0.287 e. The number of hydrogen-bond donors (Lipinski definition) is 1. The summed E-state index contributed by atoms with van der Waals surface area (Å²) in [5.41, 5.74) is 1.46. The molecule has 3 heterocycles. The van der Waals surface area contributed by atoms with Crippen molar-refractivity contribution in [3.05, 3.63) is 53.4 Å². The van der Waals surface area contributed by atoms with Gasteiger partial charge in [-0.1, -0.05) is 0 Å². The molecule has 3 aromatic rings. The van der Waals surface area contributed by atoms with Gasteiger partial charge in [0.05, 0.1) is 0 Å². The average Bonchev–Trinajstić information content (AvgIpc) is 3.05. The Hall–Kier alpha value is -2.96. The zero-order chi connectivity index (χ0) is 19.0. The Kier molecular flexibility index (Phi) is 4.51. The third-order valence-electron chi connectivity index (χ3n) is 4.81. The van der Waals surface area contributed by atoms with Crippen LogP contribution in [0.1, 0.15) is 34.9 Å². The monoisotopic (exact) mass is 368 g/mol. The third-order valence-corrected chi connectivity index (χ3v) is 4.81. The highest BCUT2D eigenvalue weighted by Crippen LogP contribution is 2.22. The van der Waals surface area contributed by atoms with Gasteiger partial charge in [0.25, 0.3) is 5.91 Å². The normalized spacial score (nSPS) is 15.3. The summed E-state index contributed by atoms with van der Waals surface area (Å²) in [6.07, 6.45) is 1.64. The minimum atomic E-state index is -0.349. The van der Waals surface area contributed by atoms with Gasteiger partial charge >= 0.3 is 0 Å². The number of carbonyl (C=O) groups excluding carboxylic acids is 1. The van der Waals surface area contributed by atoms with Crippen LogP contribution in [0.15, 0.2) is 34.7 Å². The number of aromatic nitrogens is 2. The van der Waals surface area contributed by atoms with Crippen LogP contribution < -0.4 is 10.2 Å². The minimum absolute atomic E-state index is 0.0720. The lowest BCUT2D eigenvalue weighted by atomic mass is 10.0. The predicted molar refractivity (Wildman–Crippen MR) is 100 cm³/mol. The number of nitrogens with zero attached hydrogens (tertiary/aromatic N) is 3. The number of halogens is 1. The van der Waals surface area contributed by atoms with E-state index in [2.05, 4.69) is 20.2 Å². The van der Waals surface area contributed by atoms with Crippen LogP contribution >= 0.6 is 0 Å². The van der Waals surface area contributed by atoms with Crippen LogP contribution in [0.2, 0.25) is 0 Å². The maximum absolute atomic E-state index is 13.3. The molecule has 1 aliphatic rings. The number of nitrogens with one attached hydrogen (secondary N) is 1. The van der Waals surface area contributed by atoms with E-state index in [4.69, 9.17) is 4.42 Å². The van der Waals surface area contributed by atoms with Gasteiger partial charge < -0.3 is 14.6 Å². The molecular formula is C20H21FN4O2. The lowest BCUT2D eigenvalue weighted by Gasteiger charge is -2.33. The van der Waals surface area contributed by atoms with Crippen LogP contribution in [-0.2, 0) is 0 Å². The van der Waals surface area contributed by atoms with Gasteiger partial charge in [0.1, 0.15) is 23.0 Å². The Bertz CT molecular complexity index is 973. The highest BCUT2D eigenvalue weighted by atomic mass is 19.1. The Morgan fingerprint density at radius 1 is 1.19 bits per heavy atom. The van der Waals surface area contributed by atoms with Gasteiger partial charge in [-0.3, -0.25) is 4.79 Å². The largest absolute Gasteiger partial charge is 0.451 e. The zero-order valence-electron chi connectivity index (χ0n) is 15.3. The molecule has 4 rings (SSSR count). The van der Waals surface area contributed by atoms with Crippen molar-refractivity contribution < 1.29 is 13.6 Å². The van der Waals surface area contributed by atoms with Crippen molar-refractivity contribution >= 4 is 22.7 Å². The molecule has 2 aromatic heterocycles. The number of hydrogen-bond acceptors (Lipinski definition) is 5. The summed E-state index contributed by atoms with van der Waals surface area (Å²) in [7, 11) is 0. The van der Waals surface area contributed by atoms with Gasteiger partial charge in [0.15, 0.2) is 5.76 Å². The minimum Gasteiger partial charge on any atom is -0.451 e. The molecule has 0 radical (unpaired) electrons. The summed E-state index contributed by atoms with van der Waals surface area (Å²) >= 11 is 0. The molecule has 0 saturated carbocycles. The summed E-state index contributed by atoms with van der Waals surface area (Å²) < 4.78 is 18.8. The lowest BCUT2D eigenvalue weighted by molar-refractivity contribution is 0.0905. The van der Waals surface area contributed by atoms with E-state index in [0.717, 1.165) is 43.3 Å². The number of piperidine rings is 1.